The molecule has 0 atom stereocenters. The zero-order valence-corrected chi connectivity index (χ0v) is 12.0. The molecule has 2 N–H and O–H groups in total. The van der Waals surface area contributed by atoms with Gasteiger partial charge in [0.1, 0.15) is 0 Å². The summed E-state index contributed by atoms with van der Waals surface area (Å²) in [4.78, 5) is 14.6. The van der Waals surface area contributed by atoms with Gasteiger partial charge in [0.15, 0.2) is 0 Å². The lowest BCUT2D eigenvalue weighted by atomic mass is 9.84. The highest BCUT2D eigenvalue weighted by molar-refractivity contribution is 5.85. The minimum atomic E-state index is -0.236. The zero-order valence-electron chi connectivity index (χ0n) is 11.2. The molecular weight excluding hydrogens is 252 g/mol. The summed E-state index contributed by atoms with van der Waals surface area (Å²) in [5, 5.41) is 0. The number of carbonyl (C=O) groups excluding carboxylic acids is 1. The molecular formula is C13H25ClN2O2. The summed E-state index contributed by atoms with van der Waals surface area (Å²) in [6.45, 7) is 2.17. The first-order valence-corrected chi connectivity index (χ1v) is 6.74. The lowest BCUT2D eigenvalue weighted by Crippen LogP contribution is -2.50. The largest absolute Gasteiger partial charge is 0.381 e. The van der Waals surface area contributed by atoms with E-state index in [2.05, 4.69) is 0 Å². The molecule has 1 aliphatic heterocycles. The normalized spacial score (nSPS) is 23.8. The number of rotatable bonds is 3. The van der Waals surface area contributed by atoms with Crippen LogP contribution in [-0.4, -0.2) is 43.7 Å². The van der Waals surface area contributed by atoms with E-state index >= 15 is 0 Å². The van der Waals surface area contributed by atoms with Crippen LogP contribution in [0.3, 0.4) is 0 Å². The molecule has 2 rings (SSSR count). The van der Waals surface area contributed by atoms with E-state index in [1.165, 1.54) is 0 Å². The van der Waals surface area contributed by atoms with Crippen LogP contribution < -0.4 is 5.73 Å². The smallest absolute Gasteiger partial charge is 0.230 e. The number of halogens is 1. The first-order valence-electron chi connectivity index (χ1n) is 6.74. The summed E-state index contributed by atoms with van der Waals surface area (Å²) < 4.78 is 5.33. The topological polar surface area (TPSA) is 55.6 Å². The van der Waals surface area contributed by atoms with Gasteiger partial charge < -0.3 is 15.4 Å². The van der Waals surface area contributed by atoms with Gasteiger partial charge in [0.2, 0.25) is 5.91 Å². The monoisotopic (exact) mass is 276 g/mol. The molecule has 2 aliphatic rings. The van der Waals surface area contributed by atoms with Gasteiger partial charge in [-0.1, -0.05) is 12.8 Å². The number of nitrogens with zero attached hydrogens (tertiary/aromatic N) is 1. The molecule has 1 aliphatic carbocycles. The number of ether oxygens (including phenoxy) is 1. The van der Waals surface area contributed by atoms with Gasteiger partial charge in [-0.15, -0.1) is 12.4 Å². The molecule has 0 bridgehead atoms. The number of carbonyl (C=O) groups is 1. The number of hydrogen-bond acceptors (Lipinski definition) is 3. The van der Waals surface area contributed by atoms with Crippen molar-refractivity contribution in [3.63, 3.8) is 0 Å². The van der Waals surface area contributed by atoms with Crippen molar-refractivity contribution in [2.45, 2.75) is 44.6 Å². The van der Waals surface area contributed by atoms with E-state index in [-0.39, 0.29) is 17.8 Å². The fourth-order valence-electron chi connectivity index (χ4n) is 3.19. The van der Waals surface area contributed by atoms with Gasteiger partial charge in [-0.3, -0.25) is 4.79 Å². The van der Waals surface area contributed by atoms with Gasteiger partial charge in [-0.25, -0.2) is 0 Å². The number of likely N-dealkylation sites (tertiary alicyclic amines) is 1. The summed E-state index contributed by atoms with van der Waals surface area (Å²) >= 11 is 0. The third-order valence-electron chi connectivity index (χ3n) is 4.47. The predicted octanol–water partition coefficient (Wildman–Crippen LogP) is 1.56. The molecule has 18 heavy (non-hydrogen) atoms. The molecule has 5 heteroatoms. The minimum absolute atomic E-state index is 0. The van der Waals surface area contributed by atoms with Gasteiger partial charge >= 0.3 is 0 Å². The van der Waals surface area contributed by atoms with Crippen molar-refractivity contribution in [1.82, 2.24) is 4.90 Å². The Morgan fingerprint density at radius 3 is 2.33 bits per heavy atom. The number of hydrogen-bond donors (Lipinski definition) is 1. The third-order valence-corrected chi connectivity index (χ3v) is 4.47. The molecule has 1 amide bonds. The first-order chi connectivity index (χ1) is 8.22. The van der Waals surface area contributed by atoms with Gasteiger partial charge in [0.05, 0.1) is 11.5 Å². The molecule has 1 heterocycles. The van der Waals surface area contributed by atoms with Crippen LogP contribution in [0.25, 0.3) is 0 Å². The van der Waals surface area contributed by atoms with Crippen LogP contribution in [-0.2, 0) is 9.53 Å². The van der Waals surface area contributed by atoms with Crippen LogP contribution in [0, 0.1) is 5.41 Å². The number of piperidine rings is 1. The number of nitrogens with two attached hydrogens (primary N) is 1. The molecule has 1 saturated carbocycles. The minimum Gasteiger partial charge on any atom is -0.381 e. The van der Waals surface area contributed by atoms with E-state index in [1.807, 2.05) is 4.90 Å². The second-order valence-corrected chi connectivity index (χ2v) is 5.42. The third kappa shape index (κ3) is 2.98. The van der Waals surface area contributed by atoms with E-state index in [0.717, 1.165) is 51.6 Å². The summed E-state index contributed by atoms with van der Waals surface area (Å²) in [6.07, 6.45) is 6.51. The van der Waals surface area contributed by atoms with Gasteiger partial charge in [0.25, 0.3) is 0 Å². The highest BCUT2D eigenvalue weighted by atomic mass is 35.5. The summed E-state index contributed by atoms with van der Waals surface area (Å²) in [5.41, 5.74) is 5.62. The molecule has 0 aromatic heterocycles. The second-order valence-electron chi connectivity index (χ2n) is 5.42. The molecule has 0 unspecified atom stereocenters. The Morgan fingerprint density at radius 1 is 1.33 bits per heavy atom. The molecule has 0 aromatic carbocycles. The van der Waals surface area contributed by atoms with Crippen molar-refractivity contribution in [3.8, 4) is 0 Å². The lowest BCUT2D eigenvalue weighted by Gasteiger charge is -2.37. The number of methoxy groups -OCH3 is 1. The van der Waals surface area contributed by atoms with Gasteiger partial charge in [-0.05, 0) is 25.7 Å². The van der Waals surface area contributed by atoms with Crippen LogP contribution in [0.15, 0.2) is 0 Å². The highest BCUT2D eigenvalue weighted by Gasteiger charge is 2.42. The average molecular weight is 277 g/mol. The first kappa shape index (κ1) is 15.7. The SMILES string of the molecule is COC1CCN(C(=O)C2(CN)CCCC2)CC1.Cl. The Labute approximate surface area is 116 Å². The van der Waals surface area contributed by atoms with Crippen molar-refractivity contribution in [2.75, 3.05) is 26.7 Å². The van der Waals surface area contributed by atoms with Crippen molar-refractivity contribution in [1.29, 1.82) is 0 Å². The highest BCUT2D eigenvalue weighted by Crippen LogP contribution is 2.39. The van der Waals surface area contributed by atoms with Crippen LogP contribution in [0.2, 0.25) is 0 Å². The van der Waals surface area contributed by atoms with Crippen molar-refractivity contribution in [3.05, 3.63) is 0 Å². The lowest BCUT2D eigenvalue weighted by molar-refractivity contribution is -0.143. The summed E-state index contributed by atoms with van der Waals surface area (Å²) in [5.74, 6) is 0.298. The average Bonchev–Trinajstić information content (AvgIpc) is 2.88. The summed E-state index contributed by atoms with van der Waals surface area (Å²) in [7, 11) is 1.75. The molecule has 0 radical (unpaired) electrons. The Morgan fingerprint density at radius 2 is 1.89 bits per heavy atom. The zero-order chi connectivity index (χ0) is 12.3. The number of amides is 1. The predicted molar refractivity (Wildman–Crippen MR) is 73.8 cm³/mol. The fourth-order valence-corrected chi connectivity index (χ4v) is 3.19. The Kier molecular flexibility index (Phi) is 5.89. The maximum absolute atomic E-state index is 12.6. The van der Waals surface area contributed by atoms with Crippen LogP contribution >= 0.6 is 12.4 Å². The van der Waals surface area contributed by atoms with Crippen LogP contribution in [0.1, 0.15) is 38.5 Å². The van der Waals surface area contributed by atoms with Crippen molar-refractivity contribution >= 4 is 18.3 Å². The molecule has 0 aromatic rings. The standard InChI is InChI=1S/C13H24N2O2.ClH/c1-17-11-4-8-15(9-5-11)12(16)13(10-14)6-2-3-7-13;/h11H,2-10,14H2,1H3;1H. The Balaban J connectivity index is 0.00000162. The maximum atomic E-state index is 12.6. The maximum Gasteiger partial charge on any atom is 0.230 e. The van der Waals surface area contributed by atoms with Crippen molar-refractivity contribution < 1.29 is 9.53 Å². The van der Waals surface area contributed by atoms with E-state index in [4.69, 9.17) is 10.5 Å². The molecule has 106 valence electrons. The second kappa shape index (κ2) is 6.73. The Bertz CT molecular complexity index is 272. The van der Waals surface area contributed by atoms with Crippen molar-refractivity contribution in [2.24, 2.45) is 11.1 Å². The van der Waals surface area contributed by atoms with Gasteiger partial charge in [-0.2, -0.15) is 0 Å². The van der Waals surface area contributed by atoms with E-state index in [9.17, 15) is 4.79 Å². The van der Waals surface area contributed by atoms with E-state index in [1.54, 1.807) is 7.11 Å². The molecule has 1 saturated heterocycles. The van der Waals surface area contributed by atoms with E-state index < -0.39 is 0 Å². The molecule has 2 fully saturated rings. The quantitative estimate of drug-likeness (QED) is 0.851. The molecule has 0 spiro atoms. The van der Waals surface area contributed by atoms with E-state index in [0.29, 0.717) is 18.6 Å². The van der Waals surface area contributed by atoms with Crippen LogP contribution in [0.4, 0.5) is 0 Å². The Hall–Kier alpha value is -0.320. The summed E-state index contributed by atoms with van der Waals surface area (Å²) in [6, 6.07) is 0. The fraction of sp³-hybridized carbons (Fsp3) is 0.923. The van der Waals surface area contributed by atoms with Gasteiger partial charge in [0, 0.05) is 26.7 Å². The molecule has 4 nitrogen and oxygen atoms in total. The van der Waals surface area contributed by atoms with Crippen LogP contribution in [0.5, 0.6) is 0 Å².